The van der Waals surface area contributed by atoms with Gasteiger partial charge in [-0.3, -0.25) is 0 Å². The van der Waals surface area contributed by atoms with Crippen LogP contribution < -0.4 is 4.74 Å². The minimum Gasteiger partial charge on any atom is -0.494 e. The van der Waals surface area contributed by atoms with Crippen LogP contribution in [0.15, 0.2) is 36.4 Å². The highest BCUT2D eigenvalue weighted by Crippen LogP contribution is 2.36. The van der Waals surface area contributed by atoms with E-state index in [1.165, 1.54) is 19.2 Å². The van der Waals surface area contributed by atoms with Gasteiger partial charge in [0.05, 0.1) is 7.11 Å². The standard InChI is InChI=1S/C25H29F3O3/c1-3-4-5-21(26)25(29)31-19-12-10-17(11-13-19)16-6-8-18(9-7-16)20-14-15-22(30-2)24(28)23(20)27/h6-9,14-15,17,19,21H,3-5,10-13H2,1-2H3/t17-,19-,21-/m0/s1. The van der Waals surface area contributed by atoms with Gasteiger partial charge in [-0.1, -0.05) is 44.0 Å². The maximum Gasteiger partial charge on any atom is 0.340 e. The first kappa shape index (κ1) is 23.2. The summed E-state index contributed by atoms with van der Waals surface area (Å²) in [4.78, 5) is 11.9. The Morgan fingerprint density at radius 3 is 2.32 bits per heavy atom. The number of carbonyl (C=O) groups excluding carboxylic acids is 1. The van der Waals surface area contributed by atoms with Crippen LogP contribution in [0.4, 0.5) is 13.2 Å². The fourth-order valence-electron chi connectivity index (χ4n) is 4.10. The number of ether oxygens (including phenoxy) is 2. The van der Waals surface area contributed by atoms with E-state index in [9.17, 15) is 18.0 Å². The molecule has 1 fully saturated rings. The molecular weight excluding hydrogens is 405 g/mol. The molecule has 0 heterocycles. The van der Waals surface area contributed by atoms with Gasteiger partial charge in [0.1, 0.15) is 6.10 Å². The summed E-state index contributed by atoms with van der Waals surface area (Å²) in [7, 11) is 1.30. The molecule has 2 aromatic rings. The highest BCUT2D eigenvalue weighted by Gasteiger charge is 2.28. The first-order valence-corrected chi connectivity index (χ1v) is 10.9. The molecule has 0 radical (unpaired) electrons. The lowest BCUT2D eigenvalue weighted by atomic mass is 9.82. The summed E-state index contributed by atoms with van der Waals surface area (Å²) in [5, 5.41) is 0. The van der Waals surface area contributed by atoms with Crippen molar-refractivity contribution in [2.75, 3.05) is 7.11 Å². The van der Waals surface area contributed by atoms with E-state index < -0.39 is 23.8 Å². The smallest absolute Gasteiger partial charge is 0.340 e. The van der Waals surface area contributed by atoms with E-state index >= 15 is 0 Å². The number of carbonyl (C=O) groups is 1. The van der Waals surface area contributed by atoms with Crippen LogP contribution in [-0.2, 0) is 9.53 Å². The molecular formula is C25H29F3O3. The van der Waals surface area contributed by atoms with Crippen LogP contribution >= 0.6 is 0 Å². The van der Waals surface area contributed by atoms with Crippen molar-refractivity contribution in [2.45, 2.75) is 70.1 Å². The average molecular weight is 434 g/mol. The topological polar surface area (TPSA) is 35.5 Å². The molecule has 3 rings (SSSR count). The Kier molecular flexibility index (Phi) is 7.99. The molecule has 0 N–H and O–H groups in total. The largest absolute Gasteiger partial charge is 0.494 e. The zero-order chi connectivity index (χ0) is 22.4. The Hall–Kier alpha value is -2.50. The first-order valence-electron chi connectivity index (χ1n) is 10.9. The van der Waals surface area contributed by atoms with E-state index in [1.807, 2.05) is 19.1 Å². The maximum absolute atomic E-state index is 14.3. The van der Waals surface area contributed by atoms with Crippen molar-refractivity contribution in [3.8, 4) is 16.9 Å². The molecule has 1 aliphatic rings. The second-order valence-corrected chi connectivity index (χ2v) is 8.09. The van der Waals surface area contributed by atoms with Gasteiger partial charge in [0, 0.05) is 5.56 Å². The number of hydrogen-bond acceptors (Lipinski definition) is 3. The number of unbranched alkanes of at least 4 members (excludes halogenated alkanes) is 1. The summed E-state index contributed by atoms with van der Waals surface area (Å²) >= 11 is 0. The van der Waals surface area contributed by atoms with E-state index in [1.54, 1.807) is 12.1 Å². The Labute approximate surface area is 181 Å². The van der Waals surface area contributed by atoms with Gasteiger partial charge in [0.2, 0.25) is 5.82 Å². The first-order chi connectivity index (χ1) is 14.9. The zero-order valence-electron chi connectivity index (χ0n) is 18.0. The van der Waals surface area contributed by atoms with Gasteiger partial charge in [-0.25, -0.2) is 13.6 Å². The van der Waals surface area contributed by atoms with Gasteiger partial charge >= 0.3 is 5.97 Å². The zero-order valence-corrected chi connectivity index (χ0v) is 18.0. The van der Waals surface area contributed by atoms with Crippen LogP contribution in [0.5, 0.6) is 5.75 Å². The van der Waals surface area contributed by atoms with Crippen molar-refractivity contribution < 1.29 is 27.4 Å². The van der Waals surface area contributed by atoms with Gasteiger partial charge in [0.15, 0.2) is 17.7 Å². The molecule has 0 aromatic heterocycles. The molecule has 0 amide bonds. The van der Waals surface area contributed by atoms with Crippen LogP contribution in [0.3, 0.4) is 0 Å². The van der Waals surface area contributed by atoms with Gasteiger partial charge in [-0.2, -0.15) is 4.39 Å². The predicted octanol–water partition coefficient (Wildman–Crippen LogP) is 6.74. The van der Waals surface area contributed by atoms with Crippen LogP contribution in [0.1, 0.15) is 63.4 Å². The van der Waals surface area contributed by atoms with Crippen LogP contribution in [-0.4, -0.2) is 25.4 Å². The molecule has 1 atom stereocenters. The number of alkyl halides is 1. The second kappa shape index (κ2) is 10.7. The molecule has 1 aliphatic carbocycles. The van der Waals surface area contributed by atoms with E-state index in [0.717, 1.165) is 24.8 Å². The Balaban J connectivity index is 1.57. The Bertz CT molecular complexity index is 874. The van der Waals surface area contributed by atoms with Crippen LogP contribution in [0.25, 0.3) is 11.1 Å². The van der Waals surface area contributed by atoms with Gasteiger partial charge in [0.25, 0.3) is 0 Å². The molecule has 0 aliphatic heterocycles. The third-order valence-electron chi connectivity index (χ3n) is 5.98. The molecule has 6 heteroatoms. The fraction of sp³-hybridized carbons (Fsp3) is 0.480. The number of methoxy groups -OCH3 is 1. The molecule has 0 unspecified atom stereocenters. The lowest BCUT2D eigenvalue weighted by molar-refractivity contribution is -0.157. The average Bonchev–Trinajstić information content (AvgIpc) is 2.80. The highest BCUT2D eigenvalue weighted by atomic mass is 19.2. The summed E-state index contributed by atoms with van der Waals surface area (Å²) < 4.78 is 52.3. The second-order valence-electron chi connectivity index (χ2n) is 8.09. The molecule has 2 aromatic carbocycles. The number of rotatable bonds is 8. The van der Waals surface area contributed by atoms with Gasteiger partial charge < -0.3 is 9.47 Å². The van der Waals surface area contributed by atoms with Crippen molar-refractivity contribution in [3.63, 3.8) is 0 Å². The Morgan fingerprint density at radius 2 is 1.71 bits per heavy atom. The maximum atomic E-state index is 14.3. The van der Waals surface area contributed by atoms with E-state index in [4.69, 9.17) is 9.47 Å². The number of esters is 1. The van der Waals surface area contributed by atoms with Crippen LogP contribution in [0, 0.1) is 11.6 Å². The molecule has 0 spiro atoms. The lowest BCUT2D eigenvalue weighted by Gasteiger charge is -2.29. The summed E-state index contributed by atoms with van der Waals surface area (Å²) in [5.74, 6) is -2.50. The summed E-state index contributed by atoms with van der Waals surface area (Å²) in [6.45, 7) is 1.96. The minimum absolute atomic E-state index is 0.125. The SMILES string of the molecule is CCCC[C@H](F)C(=O)O[C@H]1CC[C@H](c2ccc(-c3ccc(OC)c(F)c3F)cc2)CC1. The quantitative estimate of drug-likeness (QED) is 0.432. The van der Waals surface area contributed by atoms with E-state index in [2.05, 4.69) is 0 Å². The predicted molar refractivity (Wildman–Crippen MR) is 114 cm³/mol. The number of halogens is 3. The van der Waals surface area contributed by atoms with Gasteiger partial charge in [-0.05, 0) is 61.3 Å². The Morgan fingerprint density at radius 1 is 1.03 bits per heavy atom. The van der Waals surface area contributed by atoms with Crippen molar-refractivity contribution in [1.29, 1.82) is 0 Å². The number of hydrogen-bond donors (Lipinski definition) is 0. The summed E-state index contributed by atoms with van der Waals surface area (Å²) in [6.07, 6.45) is 3.00. The van der Waals surface area contributed by atoms with Crippen molar-refractivity contribution in [3.05, 3.63) is 53.6 Å². The summed E-state index contributed by atoms with van der Waals surface area (Å²) in [5.41, 5.74) is 1.88. The molecule has 3 nitrogen and oxygen atoms in total. The van der Waals surface area contributed by atoms with Gasteiger partial charge in [-0.15, -0.1) is 0 Å². The third kappa shape index (κ3) is 5.60. The van der Waals surface area contributed by atoms with E-state index in [0.29, 0.717) is 30.7 Å². The van der Waals surface area contributed by atoms with Crippen molar-refractivity contribution >= 4 is 5.97 Å². The molecule has 1 saturated carbocycles. The van der Waals surface area contributed by atoms with E-state index in [-0.39, 0.29) is 23.8 Å². The molecule has 0 saturated heterocycles. The number of benzene rings is 2. The minimum atomic E-state index is -1.53. The molecule has 31 heavy (non-hydrogen) atoms. The molecule has 168 valence electrons. The van der Waals surface area contributed by atoms with Crippen molar-refractivity contribution in [2.24, 2.45) is 0 Å². The summed E-state index contributed by atoms with van der Waals surface area (Å²) in [6, 6.07) is 10.3. The lowest BCUT2D eigenvalue weighted by Crippen LogP contribution is -2.28. The van der Waals surface area contributed by atoms with Crippen molar-refractivity contribution in [1.82, 2.24) is 0 Å². The third-order valence-corrected chi connectivity index (χ3v) is 5.98. The monoisotopic (exact) mass is 434 g/mol. The molecule has 0 bridgehead atoms. The highest BCUT2D eigenvalue weighted by molar-refractivity contribution is 5.74. The van der Waals surface area contributed by atoms with Crippen LogP contribution in [0.2, 0.25) is 0 Å². The fourth-order valence-corrected chi connectivity index (χ4v) is 4.10. The normalized spacial score (nSPS) is 19.6.